The Kier molecular flexibility index (Phi) is 6.87. The fourth-order valence-corrected chi connectivity index (χ4v) is 4.87. The quantitative estimate of drug-likeness (QED) is 0.638. The monoisotopic (exact) mass is 421 g/mol. The number of amides is 2. The van der Waals surface area contributed by atoms with Crippen molar-refractivity contribution in [3.8, 4) is 5.75 Å². The van der Waals surface area contributed by atoms with Gasteiger partial charge in [-0.2, -0.15) is 0 Å². The van der Waals surface area contributed by atoms with Crippen molar-refractivity contribution in [3.05, 3.63) is 59.7 Å². The molecule has 2 aromatic rings. The Hall–Kier alpha value is -2.86. The van der Waals surface area contributed by atoms with Crippen LogP contribution in [0, 0.1) is 11.8 Å². The third-order valence-corrected chi connectivity index (χ3v) is 6.50. The number of hydrazine groups is 1. The molecule has 2 fully saturated rings. The molecule has 0 spiro atoms. The summed E-state index contributed by atoms with van der Waals surface area (Å²) in [4.78, 5) is 24.6. The van der Waals surface area contributed by atoms with E-state index in [4.69, 9.17) is 4.74 Å². The third kappa shape index (κ3) is 5.44. The van der Waals surface area contributed by atoms with Crippen LogP contribution in [-0.4, -0.2) is 25.0 Å². The van der Waals surface area contributed by atoms with Crippen LogP contribution in [0.25, 0.3) is 0 Å². The highest BCUT2D eigenvalue weighted by molar-refractivity contribution is 5.90. The molecule has 3 atom stereocenters. The molecule has 3 N–H and O–H groups in total. The number of ether oxygens (including phenoxy) is 1. The van der Waals surface area contributed by atoms with E-state index in [1.54, 1.807) is 7.11 Å². The zero-order valence-electron chi connectivity index (χ0n) is 18.0. The van der Waals surface area contributed by atoms with Crippen LogP contribution in [0.5, 0.6) is 5.75 Å². The van der Waals surface area contributed by atoms with E-state index in [-0.39, 0.29) is 23.8 Å². The highest BCUT2D eigenvalue weighted by Crippen LogP contribution is 2.35. The molecule has 2 aliphatic rings. The van der Waals surface area contributed by atoms with Gasteiger partial charge in [0.25, 0.3) is 0 Å². The Morgan fingerprint density at radius 3 is 2.77 bits per heavy atom. The van der Waals surface area contributed by atoms with Gasteiger partial charge in [0.15, 0.2) is 0 Å². The number of rotatable bonds is 7. The molecule has 0 bridgehead atoms. The second kappa shape index (κ2) is 9.96. The van der Waals surface area contributed by atoms with E-state index in [0.29, 0.717) is 18.8 Å². The number of nitrogens with one attached hydrogen (secondary N) is 3. The molecule has 3 unspecified atom stereocenters. The molecule has 6 heteroatoms. The Labute approximate surface area is 183 Å². The van der Waals surface area contributed by atoms with E-state index in [2.05, 4.69) is 22.2 Å². The minimum atomic E-state index is -0.00429. The first-order valence-electron chi connectivity index (χ1n) is 11.2. The fourth-order valence-electron chi connectivity index (χ4n) is 4.87. The lowest BCUT2D eigenvalue weighted by atomic mass is 9.72. The smallest absolute Gasteiger partial charge is 0.237 e. The molecule has 2 aromatic carbocycles. The van der Waals surface area contributed by atoms with Crippen molar-refractivity contribution in [3.63, 3.8) is 0 Å². The van der Waals surface area contributed by atoms with Crippen molar-refractivity contribution in [1.29, 1.82) is 0 Å². The van der Waals surface area contributed by atoms with Gasteiger partial charge in [-0.1, -0.05) is 37.1 Å². The van der Waals surface area contributed by atoms with Crippen LogP contribution in [0.3, 0.4) is 0 Å². The van der Waals surface area contributed by atoms with E-state index in [0.717, 1.165) is 48.2 Å². The fraction of sp³-hybridized carbons (Fsp3) is 0.440. The van der Waals surface area contributed by atoms with E-state index in [9.17, 15) is 9.59 Å². The summed E-state index contributed by atoms with van der Waals surface area (Å²) in [6.45, 7) is 0. The first-order chi connectivity index (χ1) is 15.1. The van der Waals surface area contributed by atoms with Crippen LogP contribution in [0.15, 0.2) is 48.5 Å². The number of benzene rings is 2. The summed E-state index contributed by atoms with van der Waals surface area (Å²) in [5.41, 5.74) is 9.15. The number of methoxy groups -OCH3 is 1. The lowest BCUT2D eigenvalue weighted by Crippen LogP contribution is -2.60. The van der Waals surface area contributed by atoms with Crippen LogP contribution in [0.4, 0.5) is 5.69 Å². The summed E-state index contributed by atoms with van der Waals surface area (Å²) >= 11 is 0. The third-order valence-electron chi connectivity index (χ3n) is 6.50. The SMILES string of the molecule is COc1cccc(CCC(=O)Nc2cccc(CC3NNC(=O)C4CCCCC34)c2)c1. The highest BCUT2D eigenvalue weighted by Gasteiger charge is 2.39. The van der Waals surface area contributed by atoms with Crippen molar-refractivity contribution in [1.82, 2.24) is 10.9 Å². The molecule has 31 heavy (non-hydrogen) atoms. The normalized spacial score (nSPS) is 22.9. The lowest BCUT2D eigenvalue weighted by molar-refractivity contribution is -0.133. The number of carbonyl (C=O) groups is 2. The van der Waals surface area contributed by atoms with Crippen molar-refractivity contribution >= 4 is 17.5 Å². The molecule has 1 heterocycles. The van der Waals surface area contributed by atoms with E-state index in [1.807, 2.05) is 42.5 Å². The van der Waals surface area contributed by atoms with Crippen molar-refractivity contribution < 1.29 is 14.3 Å². The summed E-state index contributed by atoms with van der Waals surface area (Å²) in [7, 11) is 1.64. The molecule has 1 aliphatic carbocycles. The Morgan fingerprint density at radius 1 is 1.10 bits per heavy atom. The van der Waals surface area contributed by atoms with Gasteiger partial charge in [-0.25, -0.2) is 5.43 Å². The Morgan fingerprint density at radius 2 is 1.90 bits per heavy atom. The van der Waals surface area contributed by atoms with Crippen molar-refractivity contribution in [2.75, 3.05) is 12.4 Å². The second-order valence-electron chi connectivity index (χ2n) is 8.60. The maximum absolute atomic E-state index is 12.5. The molecule has 0 aromatic heterocycles. The minimum Gasteiger partial charge on any atom is -0.497 e. The maximum Gasteiger partial charge on any atom is 0.237 e. The minimum absolute atomic E-state index is 0.00429. The zero-order chi connectivity index (χ0) is 21.6. The summed E-state index contributed by atoms with van der Waals surface area (Å²) in [5.74, 6) is 1.44. The van der Waals surface area contributed by atoms with Gasteiger partial charge in [-0.05, 0) is 67.0 Å². The standard InChI is InChI=1S/C25H31N3O3/c1-31-20-9-5-6-17(15-20)12-13-24(29)26-19-8-4-7-18(14-19)16-23-21-10-2-3-11-22(21)25(30)28-27-23/h4-9,14-15,21-23,27H,2-3,10-13,16H2,1H3,(H,26,29)(H,28,30). The van der Waals surface area contributed by atoms with Crippen molar-refractivity contribution in [2.24, 2.45) is 11.8 Å². The summed E-state index contributed by atoms with van der Waals surface area (Å²) < 4.78 is 5.24. The number of aryl methyl sites for hydroxylation is 1. The molecule has 1 aliphatic heterocycles. The van der Waals surface area contributed by atoms with Gasteiger partial charge in [-0.3, -0.25) is 15.0 Å². The highest BCUT2D eigenvalue weighted by atomic mass is 16.5. The van der Waals surface area contributed by atoms with Gasteiger partial charge >= 0.3 is 0 Å². The van der Waals surface area contributed by atoms with Gasteiger partial charge in [0.1, 0.15) is 5.75 Å². The number of hydrogen-bond donors (Lipinski definition) is 3. The first kappa shape index (κ1) is 21.4. The second-order valence-corrected chi connectivity index (χ2v) is 8.60. The average Bonchev–Trinajstić information content (AvgIpc) is 2.80. The largest absolute Gasteiger partial charge is 0.497 e. The molecule has 4 rings (SSSR count). The average molecular weight is 422 g/mol. The van der Waals surface area contributed by atoms with E-state index < -0.39 is 0 Å². The van der Waals surface area contributed by atoms with Crippen LogP contribution < -0.4 is 20.9 Å². The number of hydrogen-bond acceptors (Lipinski definition) is 4. The Bertz CT molecular complexity index is 930. The predicted octanol–water partition coefficient (Wildman–Crippen LogP) is 3.62. The molecule has 2 amide bonds. The molecular weight excluding hydrogens is 390 g/mol. The molecule has 1 saturated heterocycles. The van der Waals surface area contributed by atoms with Crippen molar-refractivity contribution in [2.45, 2.75) is 51.0 Å². The summed E-state index contributed by atoms with van der Waals surface area (Å²) in [5, 5.41) is 3.02. The summed E-state index contributed by atoms with van der Waals surface area (Å²) in [6.07, 6.45) is 6.31. The van der Waals surface area contributed by atoms with Gasteiger partial charge in [0, 0.05) is 24.1 Å². The molecule has 0 radical (unpaired) electrons. The molecular formula is C25H31N3O3. The van der Waals surface area contributed by atoms with E-state index >= 15 is 0 Å². The van der Waals surface area contributed by atoms with Crippen LogP contribution >= 0.6 is 0 Å². The Balaban J connectivity index is 1.33. The van der Waals surface area contributed by atoms with Crippen LogP contribution in [0.2, 0.25) is 0 Å². The van der Waals surface area contributed by atoms with Gasteiger partial charge in [0.2, 0.25) is 11.8 Å². The number of carbonyl (C=O) groups excluding carboxylic acids is 2. The maximum atomic E-state index is 12.5. The lowest BCUT2D eigenvalue weighted by Gasteiger charge is -2.41. The van der Waals surface area contributed by atoms with E-state index in [1.165, 1.54) is 6.42 Å². The topological polar surface area (TPSA) is 79.5 Å². The first-order valence-corrected chi connectivity index (χ1v) is 11.2. The zero-order valence-corrected chi connectivity index (χ0v) is 18.0. The molecule has 6 nitrogen and oxygen atoms in total. The number of fused-ring (bicyclic) bond motifs is 1. The number of anilines is 1. The molecule has 164 valence electrons. The van der Waals surface area contributed by atoms with Gasteiger partial charge in [0.05, 0.1) is 7.11 Å². The molecule has 1 saturated carbocycles. The predicted molar refractivity (Wildman–Crippen MR) is 121 cm³/mol. The summed E-state index contributed by atoms with van der Waals surface area (Å²) in [6, 6.07) is 16.1. The van der Waals surface area contributed by atoms with Crippen LogP contribution in [0.1, 0.15) is 43.2 Å². The van der Waals surface area contributed by atoms with Gasteiger partial charge < -0.3 is 10.1 Å². The van der Waals surface area contributed by atoms with Gasteiger partial charge in [-0.15, -0.1) is 0 Å². The van der Waals surface area contributed by atoms with Crippen LogP contribution in [-0.2, 0) is 22.4 Å².